The largest absolute Gasteiger partial charge is 0.256 e. The molecule has 7 rings (SSSR count). The molecular formula is C37H37NS. The van der Waals surface area contributed by atoms with Gasteiger partial charge in [-0.1, -0.05) is 84.7 Å². The van der Waals surface area contributed by atoms with Crippen molar-refractivity contribution in [2.45, 2.75) is 77.6 Å². The van der Waals surface area contributed by atoms with E-state index in [0.717, 1.165) is 24.0 Å². The highest BCUT2D eigenvalue weighted by molar-refractivity contribution is 7.26. The van der Waals surface area contributed by atoms with Gasteiger partial charge in [0.05, 0.1) is 20.8 Å². The zero-order valence-electron chi connectivity index (χ0n) is 34.3. The maximum atomic E-state index is 9.59. The lowest BCUT2D eigenvalue weighted by Gasteiger charge is -2.41. The van der Waals surface area contributed by atoms with E-state index in [9.17, 15) is 6.85 Å². The number of hydrogen-bond donors (Lipinski definition) is 0. The number of rotatable bonds is 1. The zero-order valence-corrected chi connectivity index (χ0v) is 24.2. The molecule has 0 unspecified atom stereocenters. The summed E-state index contributed by atoms with van der Waals surface area (Å²) in [5.41, 5.74) is 0.266. The molecule has 196 valence electrons. The predicted octanol–water partition coefficient (Wildman–Crippen LogP) is 11.1. The average Bonchev–Trinajstić information content (AvgIpc) is 3.43. The van der Waals surface area contributed by atoms with Crippen molar-refractivity contribution in [1.29, 1.82) is 0 Å². The first-order chi connectivity index (χ1) is 23.1. The second kappa shape index (κ2) is 8.15. The fraction of sp³-hybridized carbons (Fsp3) is 0.324. The summed E-state index contributed by atoms with van der Waals surface area (Å²) in [6.45, 7) is 13.8. The van der Waals surface area contributed by atoms with Gasteiger partial charge in [0.15, 0.2) is 0 Å². The van der Waals surface area contributed by atoms with Crippen LogP contribution in [0.2, 0.25) is 0 Å². The van der Waals surface area contributed by atoms with Crippen LogP contribution in [0, 0.1) is 0 Å². The fourth-order valence-electron chi connectivity index (χ4n) is 5.75. The predicted molar refractivity (Wildman–Crippen MR) is 172 cm³/mol. The third kappa shape index (κ3) is 3.83. The molecule has 0 fully saturated rings. The standard InChI is InChI=1S/C37H37NS/c1-35(2,3)29-17-24(16-22-10-8-9-11-25(22)29)32-19-27-23(21-38-32)12-13-26-28-18-30-31(20-33(28)39-34(26)27)37(6,7)15-14-36(30,4)5/h8-13,16-21H,14-15H2,1-7H3/i8D,9D,10D,11D,12D,13D,16D,17D,18D,19D,20D. The summed E-state index contributed by atoms with van der Waals surface area (Å²) in [6.07, 6.45) is 3.05. The topological polar surface area (TPSA) is 12.9 Å². The highest BCUT2D eigenvalue weighted by atomic mass is 32.1. The number of nitrogens with zero attached hydrogens (tertiary/aromatic N) is 1. The Morgan fingerprint density at radius 1 is 0.744 bits per heavy atom. The Morgan fingerprint density at radius 3 is 2.21 bits per heavy atom. The Labute approximate surface area is 251 Å². The van der Waals surface area contributed by atoms with E-state index in [2.05, 4.69) is 32.7 Å². The van der Waals surface area contributed by atoms with Gasteiger partial charge in [0.2, 0.25) is 0 Å². The summed E-state index contributed by atoms with van der Waals surface area (Å²) in [4.78, 5) is 4.53. The molecule has 0 N–H and O–H groups in total. The van der Waals surface area contributed by atoms with E-state index in [0.29, 0.717) is 31.8 Å². The van der Waals surface area contributed by atoms with Gasteiger partial charge in [-0.25, -0.2) is 0 Å². The normalized spacial score (nSPS) is 20.7. The molecule has 0 aliphatic heterocycles. The van der Waals surface area contributed by atoms with Crippen LogP contribution in [0.3, 0.4) is 0 Å². The highest BCUT2D eigenvalue weighted by Gasteiger charge is 2.37. The first-order valence-corrected chi connectivity index (χ1v) is 14.2. The van der Waals surface area contributed by atoms with Crippen molar-refractivity contribution in [2.24, 2.45) is 0 Å². The van der Waals surface area contributed by atoms with Gasteiger partial charge in [-0.05, 0) is 86.8 Å². The van der Waals surface area contributed by atoms with Crippen molar-refractivity contribution in [2.75, 3.05) is 0 Å². The van der Waals surface area contributed by atoms with Crippen molar-refractivity contribution >= 4 is 53.1 Å². The molecular weight excluding hydrogens is 490 g/mol. The number of benzene rings is 4. The van der Waals surface area contributed by atoms with Gasteiger partial charge in [0, 0.05) is 42.7 Å². The summed E-state index contributed by atoms with van der Waals surface area (Å²) in [7, 11) is 0. The first-order valence-electron chi connectivity index (χ1n) is 18.9. The van der Waals surface area contributed by atoms with E-state index in [1.54, 1.807) is 0 Å². The minimum Gasteiger partial charge on any atom is -0.256 e. The van der Waals surface area contributed by atoms with Gasteiger partial charge < -0.3 is 0 Å². The van der Waals surface area contributed by atoms with Crippen LogP contribution >= 0.6 is 11.3 Å². The molecule has 2 aromatic heterocycles. The van der Waals surface area contributed by atoms with Crippen LogP contribution in [0.25, 0.3) is 53.0 Å². The smallest absolute Gasteiger partial charge is 0.0709 e. The van der Waals surface area contributed by atoms with Crippen molar-refractivity contribution in [3.8, 4) is 11.3 Å². The van der Waals surface area contributed by atoms with Crippen LogP contribution in [0.5, 0.6) is 0 Å². The molecule has 6 aromatic rings. The quantitative estimate of drug-likeness (QED) is 0.203. The van der Waals surface area contributed by atoms with Gasteiger partial charge in [-0.15, -0.1) is 11.3 Å². The Bertz CT molecular complexity index is 2540. The van der Waals surface area contributed by atoms with Gasteiger partial charge in [0.1, 0.15) is 0 Å². The maximum absolute atomic E-state index is 9.59. The van der Waals surface area contributed by atoms with Crippen molar-refractivity contribution in [3.63, 3.8) is 0 Å². The Morgan fingerprint density at radius 2 is 1.46 bits per heavy atom. The van der Waals surface area contributed by atoms with Crippen LogP contribution in [-0.4, -0.2) is 4.98 Å². The second-order valence-electron chi connectivity index (χ2n) is 13.0. The summed E-state index contributed by atoms with van der Waals surface area (Å²) >= 11 is 1.22. The molecule has 39 heavy (non-hydrogen) atoms. The Kier molecular flexibility index (Phi) is 3.24. The highest BCUT2D eigenvalue weighted by Crippen LogP contribution is 2.49. The molecule has 1 nitrogen and oxygen atoms in total. The van der Waals surface area contributed by atoms with Crippen molar-refractivity contribution in [3.05, 3.63) is 89.4 Å². The molecule has 0 bridgehead atoms. The second-order valence-corrected chi connectivity index (χ2v) is 14.1. The summed E-state index contributed by atoms with van der Waals surface area (Å²) in [5, 5.41) is 1.29. The summed E-state index contributed by atoms with van der Waals surface area (Å²) < 4.78 is 101. The number of aromatic nitrogens is 1. The SMILES string of the molecule is [2H]c1c([2H])c([2H])c2c(C(C)(C)C)c([2H])c(-c3ncc4c([2H])c([2H])c5c(sc6c([2H])c7c(c([2H])c65)C(C)(C)CCC7(C)C)c4c3[2H])c([2H])c2c1[2H]. The molecule has 4 aromatic carbocycles. The Hall–Kier alpha value is -3.23. The van der Waals surface area contributed by atoms with Crippen molar-refractivity contribution in [1.82, 2.24) is 4.98 Å². The van der Waals surface area contributed by atoms with E-state index in [4.69, 9.17) is 8.22 Å². The molecule has 0 saturated carbocycles. The Balaban J connectivity index is 1.68. The van der Waals surface area contributed by atoms with E-state index in [1.807, 2.05) is 20.8 Å². The van der Waals surface area contributed by atoms with Gasteiger partial charge >= 0.3 is 0 Å². The van der Waals surface area contributed by atoms with Crippen LogP contribution in [0.4, 0.5) is 0 Å². The third-order valence-corrected chi connectivity index (χ3v) is 9.31. The monoisotopic (exact) mass is 538 g/mol. The number of thiophene rings is 1. The minimum absolute atomic E-state index is 0.0537. The molecule has 0 radical (unpaired) electrons. The number of pyridine rings is 1. The van der Waals surface area contributed by atoms with Crippen LogP contribution in [-0.2, 0) is 16.2 Å². The van der Waals surface area contributed by atoms with E-state index in [-0.39, 0.29) is 85.9 Å². The molecule has 2 heterocycles. The first kappa shape index (κ1) is 15.5. The lowest BCUT2D eigenvalue weighted by atomic mass is 9.63. The molecule has 0 saturated heterocycles. The fourth-order valence-corrected chi connectivity index (χ4v) is 6.88. The number of hydrogen-bond acceptors (Lipinski definition) is 2. The van der Waals surface area contributed by atoms with Crippen LogP contribution < -0.4 is 0 Å². The lowest BCUT2D eigenvalue weighted by molar-refractivity contribution is 0.332. The van der Waals surface area contributed by atoms with E-state index in [1.165, 1.54) is 17.5 Å². The molecule has 0 spiro atoms. The number of fused-ring (bicyclic) bond motifs is 7. The summed E-state index contributed by atoms with van der Waals surface area (Å²) in [6, 6.07) is -2.18. The van der Waals surface area contributed by atoms with Gasteiger partial charge in [-0.2, -0.15) is 0 Å². The zero-order chi connectivity index (χ0) is 36.9. The maximum Gasteiger partial charge on any atom is 0.0709 e. The van der Waals surface area contributed by atoms with Crippen LogP contribution in [0.1, 0.15) is 93.1 Å². The molecule has 0 atom stereocenters. The van der Waals surface area contributed by atoms with E-state index < -0.39 is 23.5 Å². The van der Waals surface area contributed by atoms with Gasteiger partial charge in [-0.3, -0.25) is 4.98 Å². The van der Waals surface area contributed by atoms with E-state index >= 15 is 0 Å². The molecule has 2 heteroatoms. The van der Waals surface area contributed by atoms with Gasteiger partial charge in [0.25, 0.3) is 0 Å². The van der Waals surface area contributed by atoms with Crippen LogP contribution in [0.15, 0.2) is 72.7 Å². The summed E-state index contributed by atoms with van der Waals surface area (Å²) in [5.74, 6) is 0. The average molecular weight is 539 g/mol. The lowest BCUT2D eigenvalue weighted by Crippen LogP contribution is -2.33. The van der Waals surface area contributed by atoms with Crippen molar-refractivity contribution < 1.29 is 15.1 Å². The molecule has 0 amide bonds. The molecule has 1 aliphatic carbocycles. The third-order valence-electron chi connectivity index (χ3n) is 8.18. The molecule has 1 aliphatic rings. The minimum atomic E-state index is -0.794.